The van der Waals surface area contributed by atoms with Gasteiger partial charge in [0.15, 0.2) is 0 Å². The van der Waals surface area contributed by atoms with Crippen molar-refractivity contribution < 1.29 is 9.47 Å². The fraction of sp³-hybridized carbons (Fsp3) is 0.174. The highest BCUT2D eigenvalue weighted by Gasteiger charge is 2.32. The number of methoxy groups -OCH3 is 2. The van der Waals surface area contributed by atoms with E-state index in [4.69, 9.17) is 37.8 Å². The molecule has 0 amide bonds. The highest BCUT2D eigenvalue weighted by atomic mass is 35.5. The van der Waals surface area contributed by atoms with Crippen LogP contribution in [-0.4, -0.2) is 19.9 Å². The third-order valence-corrected chi connectivity index (χ3v) is 5.48. The number of hydrogen-bond acceptors (Lipinski definition) is 4. The molecule has 0 radical (unpaired) electrons. The monoisotopic (exact) mass is 426 g/mol. The molecule has 0 bridgehead atoms. The predicted octanol–water partition coefficient (Wildman–Crippen LogP) is 6.37. The Morgan fingerprint density at radius 2 is 1.52 bits per heavy atom. The first-order valence-electron chi connectivity index (χ1n) is 9.19. The van der Waals surface area contributed by atoms with E-state index in [1.807, 2.05) is 71.7 Å². The fourth-order valence-electron chi connectivity index (χ4n) is 3.49. The third-order valence-electron chi connectivity index (χ3n) is 4.98. The lowest BCUT2D eigenvalue weighted by Crippen LogP contribution is -2.19. The van der Waals surface area contributed by atoms with E-state index in [1.54, 1.807) is 14.2 Å². The van der Waals surface area contributed by atoms with Crippen molar-refractivity contribution in [2.24, 2.45) is 5.10 Å². The van der Waals surface area contributed by atoms with Crippen LogP contribution in [0.25, 0.3) is 0 Å². The van der Waals surface area contributed by atoms with Gasteiger partial charge in [0.05, 0.1) is 31.7 Å². The van der Waals surface area contributed by atoms with E-state index < -0.39 is 0 Å². The van der Waals surface area contributed by atoms with Crippen molar-refractivity contribution in [2.75, 3.05) is 19.2 Å². The van der Waals surface area contributed by atoms with Gasteiger partial charge in [-0.15, -0.1) is 0 Å². The number of halogens is 2. The zero-order valence-corrected chi connectivity index (χ0v) is 17.6. The van der Waals surface area contributed by atoms with E-state index in [2.05, 4.69) is 0 Å². The number of hydrogen-bond donors (Lipinski definition) is 0. The van der Waals surface area contributed by atoms with Crippen LogP contribution >= 0.6 is 23.2 Å². The zero-order valence-electron chi connectivity index (χ0n) is 16.1. The maximum Gasteiger partial charge on any atom is 0.127 e. The van der Waals surface area contributed by atoms with Gasteiger partial charge in [0.25, 0.3) is 0 Å². The highest BCUT2D eigenvalue weighted by Crippen LogP contribution is 2.41. The average molecular weight is 427 g/mol. The van der Waals surface area contributed by atoms with Crippen LogP contribution in [0, 0.1) is 0 Å². The minimum Gasteiger partial charge on any atom is -0.497 e. The summed E-state index contributed by atoms with van der Waals surface area (Å²) in [6, 6.07) is 21.3. The van der Waals surface area contributed by atoms with Crippen LogP contribution in [0.15, 0.2) is 71.8 Å². The Morgan fingerprint density at radius 1 is 0.862 bits per heavy atom. The summed E-state index contributed by atoms with van der Waals surface area (Å²) in [6.07, 6.45) is 0.729. The molecule has 0 aromatic heterocycles. The molecule has 3 aromatic carbocycles. The topological polar surface area (TPSA) is 34.1 Å². The zero-order chi connectivity index (χ0) is 20.4. The molecule has 1 aliphatic heterocycles. The van der Waals surface area contributed by atoms with Crippen molar-refractivity contribution in [3.8, 4) is 11.5 Å². The van der Waals surface area contributed by atoms with Gasteiger partial charge < -0.3 is 9.47 Å². The summed E-state index contributed by atoms with van der Waals surface area (Å²) in [5.74, 6) is 1.52. The lowest BCUT2D eigenvalue weighted by molar-refractivity contribution is 0.388. The van der Waals surface area contributed by atoms with Gasteiger partial charge in [-0.1, -0.05) is 35.3 Å². The Balaban J connectivity index is 1.77. The van der Waals surface area contributed by atoms with Crippen molar-refractivity contribution in [2.45, 2.75) is 12.5 Å². The molecule has 29 heavy (non-hydrogen) atoms. The second kappa shape index (κ2) is 8.36. The maximum atomic E-state index is 6.09. The molecule has 0 aliphatic carbocycles. The van der Waals surface area contributed by atoms with Crippen LogP contribution in [0.2, 0.25) is 10.0 Å². The third kappa shape index (κ3) is 4.04. The smallest absolute Gasteiger partial charge is 0.127 e. The van der Waals surface area contributed by atoms with Gasteiger partial charge in [-0.2, -0.15) is 5.10 Å². The second-order valence-electron chi connectivity index (χ2n) is 6.70. The number of rotatable bonds is 5. The number of benzene rings is 3. The van der Waals surface area contributed by atoms with Gasteiger partial charge in [0.2, 0.25) is 0 Å². The van der Waals surface area contributed by atoms with E-state index >= 15 is 0 Å². The molecule has 0 N–H and O–H groups in total. The van der Waals surface area contributed by atoms with Crippen LogP contribution in [0.5, 0.6) is 11.5 Å². The first kappa shape index (κ1) is 19.6. The predicted molar refractivity (Wildman–Crippen MR) is 119 cm³/mol. The number of nitrogens with zero attached hydrogens (tertiary/aromatic N) is 2. The quantitative estimate of drug-likeness (QED) is 0.475. The molecule has 0 fully saturated rings. The lowest BCUT2D eigenvalue weighted by Gasteiger charge is -2.25. The van der Waals surface area contributed by atoms with Gasteiger partial charge in [0.1, 0.15) is 11.5 Å². The van der Waals surface area contributed by atoms with Crippen molar-refractivity contribution >= 4 is 34.6 Å². The summed E-state index contributed by atoms with van der Waals surface area (Å²) < 4.78 is 11.0. The van der Waals surface area contributed by atoms with Crippen molar-refractivity contribution in [3.05, 3.63) is 87.9 Å². The minimum atomic E-state index is -0.0253. The Labute approximate surface area is 180 Å². The molecule has 1 aliphatic rings. The van der Waals surface area contributed by atoms with E-state index in [9.17, 15) is 0 Å². The normalized spacial score (nSPS) is 15.9. The van der Waals surface area contributed by atoms with Crippen LogP contribution in [0.1, 0.15) is 23.6 Å². The van der Waals surface area contributed by atoms with Gasteiger partial charge >= 0.3 is 0 Å². The lowest BCUT2D eigenvalue weighted by atomic mass is 9.97. The van der Waals surface area contributed by atoms with Crippen LogP contribution in [-0.2, 0) is 0 Å². The summed E-state index contributed by atoms with van der Waals surface area (Å²) in [5.41, 5.74) is 4.03. The standard InChI is InChI=1S/C23H20Cl2N2O2/c1-28-19-11-12-20(23(13-19)29-2)22-14-21(15-3-5-16(24)6-4-15)26-27(22)18-9-7-17(25)8-10-18/h3-13,22H,14H2,1-2H3. The molecule has 148 valence electrons. The number of ether oxygens (including phenoxy) is 2. The van der Waals surface area contributed by atoms with Crippen molar-refractivity contribution in [1.82, 2.24) is 0 Å². The Kier molecular flexibility index (Phi) is 5.65. The number of hydrazone groups is 1. The molecule has 4 nitrogen and oxygen atoms in total. The molecule has 1 heterocycles. The first-order chi connectivity index (χ1) is 14.1. The van der Waals surface area contributed by atoms with Gasteiger partial charge in [0, 0.05) is 28.1 Å². The van der Waals surface area contributed by atoms with Crippen LogP contribution < -0.4 is 14.5 Å². The summed E-state index contributed by atoms with van der Waals surface area (Å²) in [7, 11) is 3.31. The largest absolute Gasteiger partial charge is 0.497 e. The fourth-order valence-corrected chi connectivity index (χ4v) is 3.75. The molecule has 1 atom stereocenters. The van der Waals surface area contributed by atoms with Gasteiger partial charge in [-0.3, -0.25) is 5.01 Å². The van der Waals surface area contributed by atoms with E-state index in [0.29, 0.717) is 10.0 Å². The van der Waals surface area contributed by atoms with Crippen LogP contribution in [0.3, 0.4) is 0 Å². The minimum absolute atomic E-state index is 0.0253. The van der Waals surface area contributed by atoms with E-state index in [0.717, 1.165) is 40.4 Å². The summed E-state index contributed by atoms with van der Waals surface area (Å²) >= 11 is 12.2. The van der Waals surface area contributed by atoms with E-state index in [-0.39, 0.29) is 6.04 Å². The van der Waals surface area contributed by atoms with Crippen LogP contribution in [0.4, 0.5) is 5.69 Å². The summed E-state index contributed by atoms with van der Waals surface area (Å²) in [6.45, 7) is 0. The molecule has 3 aromatic rings. The Bertz CT molecular complexity index is 1030. The summed E-state index contributed by atoms with van der Waals surface area (Å²) in [4.78, 5) is 0. The SMILES string of the molecule is COc1ccc(C2CC(c3ccc(Cl)cc3)=NN2c2ccc(Cl)cc2)c(OC)c1. The molecule has 1 unspecified atom stereocenters. The molecular formula is C23H20Cl2N2O2. The highest BCUT2D eigenvalue weighted by molar-refractivity contribution is 6.31. The molecule has 6 heteroatoms. The molecule has 0 saturated heterocycles. The van der Waals surface area contributed by atoms with Crippen molar-refractivity contribution in [3.63, 3.8) is 0 Å². The first-order valence-corrected chi connectivity index (χ1v) is 9.95. The molecule has 0 saturated carbocycles. The maximum absolute atomic E-state index is 6.09. The molecule has 0 spiro atoms. The van der Waals surface area contributed by atoms with E-state index in [1.165, 1.54) is 0 Å². The van der Waals surface area contributed by atoms with Gasteiger partial charge in [-0.25, -0.2) is 0 Å². The Morgan fingerprint density at radius 3 is 2.14 bits per heavy atom. The molecule has 4 rings (SSSR count). The summed E-state index contributed by atoms with van der Waals surface area (Å²) in [5, 5.41) is 8.35. The second-order valence-corrected chi connectivity index (χ2v) is 7.58. The Hall–Kier alpha value is -2.69. The van der Waals surface area contributed by atoms with Gasteiger partial charge in [-0.05, 0) is 54.1 Å². The average Bonchev–Trinajstić information content (AvgIpc) is 3.19. The van der Waals surface area contributed by atoms with Crippen molar-refractivity contribution in [1.29, 1.82) is 0 Å². The number of anilines is 1. The molecular weight excluding hydrogens is 407 g/mol.